The van der Waals surface area contributed by atoms with Gasteiger partial charge < -0.3 is 10.5 Å². The van der Waals surface area contributed by atoms with Crippen LogP contribution in [-0.2, 0) is 16.1 Å². The summed E-state index contributed by atoms with van der Waals surface area (Å²) in [5, 5.41) is 5.49. The quantitative estimate of drug-likeness (QED) is 0.519. The molecule has 7 nitrogen and oxygen atoms in total. The first-order valence-electron chi connectivity index (χ1n) is 3.12. The zero-order valence-electron chi connectivity index (χ0n) is 6.40. The second-order valence-electron chi connectivity index (χ2n) is 2.05. The molecule has 1 rings (SSSR count). The van der Waals surface area contributed by atoms with E-state index in [0.29, 0.717) is 0 Å². The molecule has 0 aliphatic rings. The summed E-state index contributed by atoms with van der Waals surface area (Å²) in [6.07, 6.45) is 0. The van der Waals surface area contributed by atoms with Gasteiger partial charge in [-0.1, -0.05) is 0 Å². The van der Waals surface area contributed by atoms with E-state index in [1.54, 1.807) is 0 Å². The summed E-state index contributed by atoms with van der Waals surface area (Å²) in [7, 11) is 1.23. The maximum Gasteiger partial charge on any atom is 0.345 e. The van der Waals surface area contributed by atoms with Crippen LogP contribution in [0, 0.1) is 0 Å². The van der Waals surface area contributed by atoms with Crippen LogP contribution in [0.2, 0.25) is 0 Å². The van der Waals surface area contributed by atoms with Crippen molar-refractivity contribution in [2.45, 2.75) is 6.54 Å². The third-order valence-electron chi connectivity index (χ3n) is 1.30. The summed E-state index contributed by atoms with van der Waals surface area (Å²) in [5.74, 6) is -0.587. The predicted molar refractivity (Wildman–Crippen MR) is 39.3 cm³/mol. The molecule has 12 heavy (non-hydrogen) atoms. The fraction of sp³-hybridized carbons (Fsp3) is 0.400. The van der Waals surface area contributed by atoms with Crippen LogP contribution in [0.4, 0.5) is 5.95 Å². The lowest BCUT2D eigenvalue weighted by Gasteiger charge is -1.98. The summed E-state index contributed by atoms with van der Waals surface area (Å²) in [6, 6.07) is 0. The normalized spacial score (nSPS) is 9.75. The minimum absolute atomic E-state index is 0.0367. The van der Waals surface area contributed by atoms with Crippen LogP contribution in [0.3, 0.4) is 0 Å². The highest BCUT2D eigenvalue weighted by atomic mass is 16.5. The molecule has 0 fully saturated rings. The van der Waals surface area contributed by atoms with Crippen LogP contribution in [0.5, 0.6) is 0 Å². The number of anilines is 1. The van der Waals surface area contributed by atoms with Gasteiger partial charge in [-0.25, -0.2) is 9.89 Å². The first kappa shape index (κ1) is 8.31. The third-order valence-corrected chi connectivity index (χ3v) is 1.30. The van der Waals surface area contributed by atoms with Crippen molar-refractivity contribution in [3.05, 3.63) is 10.5 Å². The number of nitrogens with one attached hydrogen (secondary N) is 1. The Labute approximate surface area is 67.1 Å². The van der Waals surface area contributed by atoms with Gasteiger partial charge in [0.05, 0.1) is 7.11 Å². The Morgan fingerprint density at radius 1 is 1.83 bits per heavy atom. The standard InChI is InChI=1S/C5H8N4O3/c1-12-3(10)2-9-4(6)7-8-5(9)11/h2H2,1H3,(H2,6,7)(H,8,11). The largest absolute Gasteiger partial charge is 0.468 e. The number of aromatic nitrogens is 3. The smallest absolute Gasteiger partial charge is 0.345 e. The van der Waals surface area contributed by atoms with E-state index in [9.17, 15) is 9.59 Å². The van der Waals surface area contributed by atoms with Gasteiger partial charge in [-0.2, -0.15) is 0 Å². The van der Waals surface area contributed by atoms with Gasteiger partial charge in [0.1, 0.15) is 6.54 Å². The van der Waals surface area contributed by atoms with Gasteiger partial charge in [-0.15, -0.1) is 5.10 Å². The maximum absolute atomic E-state index is 10.8. The summed E-state index contributed by atoms with van der Waals surface area (Å²) >= 11 is 0. The summed E-state index contributed by atoms with van der Waals surface area (Å²) in [5.41, 5.74) is 4.73. The lowest BCUT2D eigenvalue weighted by atomic mass is 10.6. The number of carbonyl (C=O) groups is 1. The minimum Gasteiger partial charge on any atom is -0.468 e. The molecule has 0 unspecified atom stereocenters. The predicted octanol–water partition coefficient (Wildman–Crippen LogP) is -1.67. The number of rotatable bonds is 2. The Hall–Kier alpha value is -1.79. The molecule has 0 saturated heterocycles. The first-order valence-corrected chi connectivity index (χ1v) is 3.12. The number of esters is 1. The van der Waals surface area contributed by atoms with Gasteiger partial charge in [0, 0.05) is 0 Å². The van der Waals surface area contributed by atoms with Crippen molar-refractivity contribution in [1.82, 2.24) is 14.8 Å². The molecule has 66 valence electrons. The molecular formula is C5H8N4O3. The van der Waals surface area contributed by atoms with Crippen molar-refractivity contribution >= 4 is 11.9 Å². The fourth-order valence-corrected chi connectivity index (χ4v) is 0.676. The van der Waals surface area contributed by atoms with E-state index in [0.717, 1.165) is 4.57 Å². The molecule has 0 amide bonds. The lowest BCUT2D eigenvalue weighted by molar-refractivity contribution is -0.141. The van der Waals surface area contributed by atoms with Crippen molar-refractivity contribution in [3.8, 4) is 0 Å². The average Bonchev–Trinajstić information content (AvgIpc) is 2.35. The van der Waals surface area contributed by atoms with Crippen molar-refractivity contribution in [1.29, 1.82) is 0 Å². The number of methoxy groups -OCH3 is 1. The van der Waals surface area contributed by atoms with Crippen LogP contribution in [0.1, 0.15) is 0 Å². The molecule has 0 bridgehead atoms. The number of H-pyrrole nitrogens is 1. The van der Waals surface area contributed by atoms with Crippen molar-refractivity contribution in [3.63, 3.8) is 0 Å². The van der Waals surface area contributed by atoms with Gasteiger partial charge in [-0.05, 0) is 0 Å². The van der Waals surface area contributed by atoms with Crippen LogP contribution in [0.15, 0.2) is 4.79 Å². The molecule has 0 radical (unpaired) electrons. The molecule has 0 aromatic carbocycles. The Morgan fingerprint density at radius 3 is 2.92 bits per heavy atom. The van der Waals surface area contributed by atoms with Gasteiger partial charge in [0.2, 0.25) is 5.95 Å². The average molecular weight is 172 g/mol. The van der Waals surface area contributed by atoms with Crippen LogP contribution < -0.4 is 11.4 Å². The summed E-state index contributed by atoms with van der Waals surface area (Å²) in [4.78, 5) is 21.6. The highest BCUT2D eigenvalue weighted by Crippen LogP contribution is 1.90. The van der Waals surface area contributed by atoms with E-state index in [-0.39, 0.29) is 12.5 Å². The molecule has 0 aliphatic heterocycles. The van der Waals surface area contributed by atoms with E-state index in [1.165, 1.54) is 7.11 Å². The molecular weight excluding hydrogens is 164 g/mol. The van der Waals surface area contributed by atoms with E-state index < -0.39 is 11.7 Å². The maximum atomic E-state index is 10.8. The zero-order chi connectivity index (χ0) is 9.14. The Kier molecular flexibility index (Phi) is 2.13. The third kappa shape index (κ3) is 1.44. The lowest BCUT2D eigenvalue weighted by Crippen LogP contribution is -2.23. The van der Waals surface area contributed by atoms with Crippen molar-refractivity contribution < 1.29 is 9.53 Å². The number of nitrogen functional groups attached to an aromatic ring is 1. The Morgan fingerprint density at radius 2 is 2.50 bits per heavy atom. The molecule has 0 atom stereocenters. The minimum atomic E-state index is -0.551. The van der Waals surface area contributed by atoms with E-state index in [4.69, 9.17) is 5.73 Å². The summed E-state index contributed by atoms with van der Waals surface area (Å²) in [6.45, 7) is -0.225. The van der Waals surface area contributed by atoms with Crippen LogP contribution in [0.25, 0.3) is 0 Å². The van der Waals surface area contributed by atoms with Gasteiger partial charge >= 0.3 is 11.7 Å². The highest BCUT2D eigenvalue weighted by Gasteiger charge is 2.08. The first-order chi connectivity index (χ1) is 5.65. The molecule has 0 aliphatic carbocycles. The Balaban J connectivity index is 2.88. The number of aromatic amines is 1. The number of carbonyl (C=O) groups excluding carboxylic acids is 1. The fourth-order valence-electron chi connectivity index (χ4n) is 0.676. The molecule has 0 spiro atoms. The molecule has 1 aromatic rings. The Bertz CT molecular complexity index is 339. The van der Waals surface area contributed by atoms with Crippen molar-refractivity contribution in [2.75, 3.05) is 12.8 Å². The van der Waals surface area contributed by atoms with E-state index in [2.05, 4.69) is 14.9 Å². The molecule has 1 aromatic heterocycles. The second kappa shape index (κ2) is 3.07. The SMILES string of the molecule is COC(=O)Cn1c(N)n[nH]c1=O. The van der Waals surface area contributed by atoms with E-state index >= 15 is 0 Å². The van der Waals surface area contributed by atoms with Crippen LogP contribution >= 0.6 is 0 Å². The highest BCUT2D eigenvalue weighted by molar-refractivity contribution is 5.69. The van der Waals surface area contributed by atoms with Gasteiger partial charge in [0.15, 0.2) is 0 Å². The number of nitrogens with two attached hydrogens (primary N) is 1. The van der Waals surface area contributed by atoms with Gasteiger partial charge in [-0.3, -0.25) is 9.36 Å². The molecule has 0 saturated carbocycles. The second-order valence-corrected chi connectivity index (χ2v) is 2.05. The van der Waals surface area contributed by atoms with Gasteiger partial charge in [0.25, 0.3) is 0 Å². The van der Waals surface area contributed by atoms with E-state index in [1.807, 2.05) is 0 Å². The number of ether oxygens (including phenoxy) is 1. The molecule has 3 N–H and O–H groups in total. The molecule has 7 heteroatoms. The topological polar surface area (TPSA) is 103 Å². The number of hydrogen-bond donors (Lipinski definition) is 2. The molecule has 1 heterocycles. The monoisotopic (exact) mass is 172 g/mol. The zero-order valence-corrected chi connectivity index (χ0v) is 6.40. The summed E-state index contributed by atoms with van der Waals surface area (Å²) < 4.78 is 5.32. The van der Waals surface area contributed by atoms with Crippen LogP contribution in [-0.4, -0.2) is 27.8 Å². The number of hydrogen-bond acceptors (Lipinski definition) is 5. The number of nitrogens with zero attached hydrogens (tertiary/aromatic N) is 2. The van der Waals surface area contributed by atoms with Crippen molar-refractivity contribution in [2.24, 2.45) is 0 Å².